The summed E-state index contributed by atoms with van der Waals surface area (Å²) in [5, 5.41) is 58.5. The van der Waals surface area contributed by atoms with E-state index in [0.29, 0.717) is 0 Å². The molecule has 1 aliphatic carbocycles. The summed E-state index contributed by atoms with van der Waals surface area (Å²) in [5.41, 5.74) is 0.213. The van der Waals surface area contributed by atoms with Crippen molar-refractivity contribution < 1.29 is 44.5 Å². The molecule has 0 bridgehead atoms. The van der Waals surface area contributed by atoms with Gasteiger partial charge in [-0.05, 0) is 0 Å². The molecule has 1 heterocycles. The van der Waals surface area contributed by atoms with Crippen molar-refractivity contribution in [2.75, 3.05) is 20.8 Å². The Labute approximate surface area is 150 Å². The molecule has 1 aliphatic heterocycles. The number of nitriles is 1. The fraction of sp³-hybridized carbons (Fsp3) is 0.812. The maximum absolute atomic E-state index is 10.5. The van der Waals surface area contributed by atoms with Crippen molar-refractivity contribution >= 4 is 0 Å². The number of hydrogen-bond acceptors (Lipinski definition) is 10. The Morgan fingerprint density at radius 3 is 2.38 bits per heavy atom. The van der Waals surface area contributed by atoms with E-state index in [9.17, 15) is 25.5 Å². The van der Waals surface area contributed by atoms with E-state index in [4.69, 9.17) is 24.2 Å². The first-order chi connectivity index (χ1) is 12.4. The Bertz CT molecular complexity index is 534. The van der Waals surface area contributed by atoms with Gasteiger partial charge in [0, 0.05) is 32.3 Å². The molecule has 5 N–H and O–H groups in total. The second kappa shape index (κ2) is 9.18. The lowest BCUT2D eigenvalue weighted by atomic mass is 9.84. The average molecular weight is 375 g/mol. The molecule has 2 fully saturated rings. The third-order valence-corrected chi connectivity index (χ3v) is 4.79. The van der Waals surface area contributed by atoms with Crippen molar-refractivity contribution in [2.24, 2.45) is 0 Å². The van der Waals surface area contributed by atoms with E-state index in [-0.39, 0.29) is 12.0 Å². The molecule has 1 saturated heterocycles. The first-order valence-corrected chi connectivity index (χ1v) is 8.18. The van der Waals surface area contributed by atoms with Crippen LogP contribution >= 0.6 is 0 Å². The third kappa shape index (κ3) is 4.07. The van der Waals surface area contributed by atoms with Crippen molar-refractivity contribution in [1.29, 1.82) is 5.26 Å². The van der Waals surface area contributed by atoms with E-state index in [0.717, 1.165) is 6.08 Å². The minimum Gasteiger partial charge on any atom is -0.394 e. The highest BCUT2D eigenvalue weighted by molar-refractivity contribution is 5.26. The van der Waals surface area contributed by atoms with Crippen LogP contribution in [0.3, 0.4) is 0 Å². The quantitative estimate of drug-likeness (QED) is 0.323. The molecule has 0 aromatic rings. The SMILES string of the molecule is CO[C@H]1[C@@H](OC)C[C@@H](O[C@@H]2O[C@H](CO)[C@@H](O)[C@H](O)[C@H]2O)C(=CC#N)[C@@H]1O. The van der Waals surface area contributed by atoms with Gasteiger partial charge in [0.25, 0.3) is 0 Å². The van der Waals surface area contributed by atoms with Gasteiger partial charge in [-0.1, -0.05) is 0 Å². The largest absolute Gasteiger partial charge is 0.394 e. The van der Waals surface area contributed by atoms with Gasteiger partial charge in [-0.25, -0.2) is 0 Å². The molecule has 26 heavy (non-hydrogen) atoms. The molecule has 0 radical (unpaired) electrons. The first-order valence-electron chi connectivity index (χ1n) is 8.18. The van der Waals surface area contributed by atoms with Gasteiger partial charge in [-0.3, -0.25) is 0 Å². The zero-order valence-corrected chi connectivity index (χ0v) is 14.5. The summed E-state index contributed by atoms with van der Waals surface area (Å²) in [6.45, 7) is -0.592. The zero-order chi connectivity index (χ0) is 19.4. The van der Waals surface area contributed by atoms with Gasteiger partial charge >= 0.3 is 0 Å². The van der Waals surface area contributed by atoms with E-state index in [1.807, 2.05) is 6.07 Å². The molecule has 2 rings (SSSR count). The second-order valence-corrected chi connectivity index (χ2v) is 6.25. The van der Waals surface area contributed by atoms with Crippen LogP contribution < -0.4 is 0 Å². The van der Waals surface area contributed by atoms with Crippen molar-refractivity contribution in [1.82, 2.24) is 0 Å². The van der Waals surface area contributed by atoms with Crippen LogP contribution in [0.4, 0.5) is 0 Å². The molecule has 2 aliphatic rings. The smallest absolute Gasteiger partial charge is 0.187 e. The lowest BCUT2D eigenvalue weighted by molar-refractivity contribution is -0.312. The van der Waals surface area contributed by atoms with Crippen LogP contribution in [0, 0.1) is 11.3 Å². The lowest BCUT2D eigenvalue weighted by Gasteiger charge is -2.44. The van der Waals surface area contributed by atoms with Crippen LogP contribution in [0.15, 0.2) is 11.6 Å². The van der Waals surface area contributed by atoms with Crippen LogP contribution in [0.25, 0.3) is 0 Å². The van der Waals surface area contributed by atoms with E-state index < -0.39 is 61.7 Å². The summed E-state index contributed by atoms with van der Waals surface area (Å²) in [5.74, 6) is 0. The number of rotatable bonds is 5. The Morgan fingerprint density at radius 1 is 1.15 bits per heavy atom. The molecule has 0 aromatic carbocycles. The molecular formula is C16H25NO9. The minimum absolute atomic E-state index is 0.189. The molecule has 0 unspecified atom stereocenters. The number of aliphatic hydroxyl groups is 5. The second-order valence-electron chi connectivity index (χ2n) is 6.25. The molecule has 0 aromatic heterocycles. The monoisotopic (exact) mass is 375 g/mol. The Kier molecular flexibility index (Phi) is 7.48. The summed E-state index contributed by atoms with van der Waals surface area (Å²) in [4.78, 5) is 0. The molecule has 0 spiro atoms. The van der Waals surface area contributed by atoms with E-state index in [2.05, 4.69) is 0 Å². The molecule has 10 heteroatoms. The minimum atomic E-state index is -1.59. The van der Waals surface area contributed by atoms with Crippen LogP contribution in [0.1, 0.15) is 6.42 Å². The highest BCUT2D eigenvalue weighted by Crippen LogP contribution is 2.33. The van der Waals surface area contributed by atoms with Gasteiger partial charge in [0.1, 0.15) is 36.6 Å². The molecule has 0 amide bonds. The standard InChI is InChI=1S/C16H25NO9/c1-23-9-5-8(7(3-4-17)11(19)15(9)24-2)25-16-14(22)13(21)12(20)10(6-18)26-16/h3,8-16,18-22H,5-6H2,1-2H3/t8-,9+,10-,11+,12-,13+,14-,15+,16-/m1/s1. The maximum atomic E-state index is 10.5. The van der Waals surface area contributed by atoms with Gasteiger partial charge in [-0.2, -0.15) is 5.26 Å². The maximum Gasteiger partial charge on any atom is 0.187 e. The Balaban J connectivity index is 2.22. The third-order valence-electron chi connectivity index (χ3n) is 4.79. The first kappa shape index (κ1) is 21.2. The van der Waals surface area contributed by atoms with Gasteiger partial charge < -0.3 is 44.5 Å². The Morgan fingerprint density at radius 2 is 1.85 bits per heavy atom. The topological polar surface area (TPSA) is 162 Å². The lowest BCUT2D eigenvalue weighted by Crippen LogP contribution is -2.60. The van der Waals surface area contributed by atoms with Crippen molar-refractivity contribution in [2.45, 2.75) is 61.5 Å². The van der Waals surface area contributed by atoms with Gasteiger partial charge in [0.05, 0.1) is 24.9 Å². The summed E-state index contributed by atoms with van der Waals surface area (Å²) < 4.78 is 21.6. The number of nitrogens with zero attached hydrogens (tertiary/aromatic N) is 1. The summed E-state index contributed by atoms with van der Waals surface area (Å²) >= 11 is 0. The van der Waals surface area contributed by atoms with Gasteiger partial charge in [-0.15, -0.1) is 0 Å². The number of methoxy groups -OCH3 is 2. The summed E-state index contributed by atoms with van der Waals surface area (Å²) in [7, 11) is 2.84. The van der Waals surface area contributed by atoms with Crippen LogP contribution in [-0.2, 0) is 18.9 Å². The number of hydrogen-bond donors (Lipinski definition) is 5. The summed E-state index contributed by atoms with van der Waals surface area (Å²) in [6, 6.07) is 1.83. The molecule has 148 valence electrons. The van der Waals surface area contributed by atoms with E-state index >= 15 is 0 Å². The number of allylic oxidation sites excluding steroid dienone is 1. The normalized spacial score (nSPS) is 45.5. The van der Waals surface area contributed by atoms with E-state index in [1.54, 1.807) is 0 Å². The van der Waals surface area contributed by atoms with Crippen molar-refractivity contribution in [3.63, 3.8) is 0 Å². The average Bonchev–Trinajstić information content (AvgIpc) is 2.64. The summed E-state index contributed by atoms with van der Waals surface area (Å²) in [6.07, 6.45) is -9.22. The van der Waals surface area contributed by atoms with Gasteiger partial charge in [0.2, 0.25) is 0 Å². The highest BCUT2D eigenvalue weighted by atomic mass is 16.7. The predicted molar refractivity (Wildman–Crippen MR) is 84.6 cm³/mol. The predicted octanol–water partition coefficient (Wildman–Crippen LogP) is -2.58. The highest BCUT2D eigenvalue weighted by Gasteiger charge is 2.48. The fourth-order valence-corrected chi connectivity index (χ4v) is 3.30. The zero-order valence-electron chi connectivity index (χ0n) is 14.5. The molecule has 1 saturated carbocycles. The van der Waals surface area contributed by atoms with Crippen LogP contribution in [0.2, 0.25) is 0 Å². The van der Waals surface area contributed by atoms with Crippen molar-refractivity contribution in [3.8, 4) is 6.07 Å². The number of ether oxygens (including phenoxy) is 4. The number of aliphatic hydroxyl groups excluding tert-OH is 5. The van der Waals surface area contributed by atoms with E-state index in [1.165, 1.54) is 14.2 Å². The van der Waals surface area contributed by atoms with Crippen LogP contribution in [-0.4, -0.2) is 101 Å². The fourth-order valence-electron chi connectivity index (χ4n) is 3.30. The molecular weight excluding hydrogens is 350 g/mol. The molecule has 9 atom stereocenters. The van der Waals surface area contributed by atoms with Crippen molar-refractivity contribution in [3.05, 3.63) is 11.6 Å². The van der Waals surface area contributed by atoms with Gasteiger partial charge in [0.15, 0.2) is 6.29 Å². The Hall–Kier alpha value is -1.13. The molecule has 10 nitrogen and oxygen atoms in total. The van der Waals surface area contributed by atoms with Crippen LogP contribution in [0.5, 0.6) is 0 Å².